The Morgan fingerprint density at radius 1 is 1.22 bits per heavy atom. The van der Waals surface area contributed by atoms with Crippen LogP contribution in [-0.2, 0) is 12.8 Å². The second kappa shape index (κ2) is 5.93. The fourth-order valence-corrected chi connectivity index (χ4v) is 2.70. The highest BCUT2D eigenvalue weighted by molar-refractivity contribution is 7.11. The number of hydrogen-bond acceptors (Lipinski definition) is 5. The van der Waals surface area contributed by atoms with Crippen molar-refractivity contribution in [3.8, 4) is 5.88 Å². The monoisotopic (exact) mass is 263 g/mol. The van der Waals surface area contributed by atoms with Crippen molar-refractivity contribution < 1.29 is 4.74 Å². The first kappa shape index (κ1) is 13.0. The third kappa shape index (κ3) is 3.05. The standard InChI is InChI=1S/C13H17N3OS/c1-3-9-4-5-10(18-9)8-11(14)12-6-7-13(17-2)16-15-12/h4-7,11H,3,8,14H2,1-2H3. The number of methoxy groups -OCH3 is 1. The van der Waals surface area contributed by atoms with Gasteiger partial charge in [-0.15, -0.1) is 16.4 Å². The minimum Gasteiger partial charge on any atom is -0.480 e. The van der Waals surface area contributed by atoms with Gasteiger partial charge in [-0.2, -0.15) is 5.10 Å². The molecule has 0 aromatic carbocycles. The molecule has 0 saturated carbocycles. The van der Waals surface area contributed by atoms with Crippen molar-refractivity contribution in [1.82, 2.24) is 10.2 Å². The summed E-state index contributed by atoms with van der Waals surface area (Å²) in [5.74, 6) is 0.510. The van der Waals surface area contributed by atoms with Crippen LogP contribution >= 0.6 is 11.3 Å². The summed E-state index contributed by atoms with van der Waals surface area (Å²) in [4.78, 5) is 2.68. The van der Waals surface area contributed by atoms with E-state index in [9.17, 15) is 0 Å². The predicted octanol–water partition coefficient (Wildman–Crippen LogP) is 2.35. The molecule has 1 unspecified atom stereocenters. The SMILES string of the molecule is CCc1ccc(CC(N)c2ccc(OC)nn2)s1. The Morgan fingerprint density at radius 2 is 2.00 bits per heavy atom. The maximum absolute atomic E-state index is 6.13. The molecule has 0 bridgehead atoms. The molecule has 0 fully saturated rings. The Labute approximate surface area is 111 Å². The molecular weight excluding hydrogens is 246 g/mol. The predicted molar refractivity (Wildman–Crippen MR) is 72.9 cm³/mol. The van der Waals surface area contributed by atoms with Crippen molar-refractivity contribution in [2.75, 3.05) is 7.11 Å². The summed E-state index contributed by atoms with van der Waals surface area (Å²) in [7, 11) is 1.57. The largest absolute Gasteiger partial charge is 0.480 e. The molecule has 0 aliphatic heterocycles. The number of aromatic nitrogens is 2. The van der Waals surface area contributed by atoms with Crippen LogP contribution in [0.4, 0.5) is 0 Å². The molecule has 2 aromatic rings. The van der Waals surface area contributed by atoms with E-state index in [1.165, 1.54) is 9.75 Å². The zero-order valence-electron chi connectivity index (χ0n) is 10.6. The van der Waals surface area contributed by atoms with Crippen molar-refractivity contribution in [3.63, 3.8) is 0 Å². The van der Waals surface area contributed by atoms with E-state index in [0.717, 1.165) is 18.5 Å². The Morgan fingerprint density at radius 3 is 2.56 bits per heavy atom. The van der Waals surface area contributed by atoms with E-state index in [1.54, 1.807) is 13.2 Å². The Hall–Kier alpha value is -1.46. The minimum atomic E-state index is -0.119. The molecule has 2 heterocycles. The van der Waals surface area contributed by atoms with Crippen LogP contribution in [0.3, 0.4) is 0 Å². The van der Waals surface area contributed by atoms with Gasteiger partial charge in [0.2, 0.25) is 5.88 Å². The van der Waals surface area contributed by atoms with E-state index in [4.69, 9.17) is 10.5 Å². The average Bonchev–Trinajstić information content (AvgIpc) is 2.86. The van der Waals surface area contributed by atoms with Gasteiger partial charge in [-0.05, 0) is 24.6 Å². The van der Waals surface area contributed by atoms with Crippen LogP contribution in [0.2, 0.25) is 0 Å². The molecule has 0 aliphatic carbocycles. The molecule has 96 valence electrons. The molecule has 1 atom stereocenters. The first-order valence-corrected chi connectivity index (χ1v) is 6.75. The zero-order chi connectivity index (χ0) is 13.0. The molecule has 0 saturated heterocycles. The molecule has 2 rings (SSSR count). The first-order chi connectivity index (χ1) is 8.72. The van der Waals surface area contributed by atoms with Crippen LogP contribution in [0.15, 0.2) is 24.3 Å². The van der Waals surface area contributed by atoms with Gasteiger partial charge in [0, 0.05) is 22.2 Å². The molecule has 0 aliphatic rings. The topological polar surface area (TPSA) is 61.0 Å². The maximum Gasteiger partial charge on any atom is 0.233 e. The summed E-state index contributed by atoms with van der Waals surface area (Å²) in [6.07, 6.45) is 1.87. The summed E-state index contributed by atoms with van der Waals surface area (Å²) >= 11 is 1.81. The normalized spacial score (nSPS) is 12.4. The van der Waals surface area contributed by atoms with Crippen LogP contribution in [0.25, 0.3) is 0 Å². The molecule has 4 nitrogen and oxygen atoms in total. The summed E-state index contributed by atoms with van der Waals surface area (Å²) in [6.45, 7) is 2.16. The maximum atomic E-state index is 6.13. The van der Waals surface area contributed by atoms with E-state index >= 15 is 0 Å². The smallest absolute Gasteiger partial charge is 0.233 e. The number of nitrogens with two attached hydrogens (primary N) is 1. The van der Waals surface area contributed by atoms with Gasteiger partial charge < -0.3 is 10.5 Å². The summed E-state index contributed by atoms with van der Waals surface area (Å²) in [5.41, 5.74) is 6.93. The van der Waals surface area contributed by atoms with Gasteiger partial charge in [-0.1, -0.05) is 6.92 Å². The van der Waals surface area contributed by atoms with Gasteiger partial charge in [-0.3, -0.25) is 0 Å². The molecule has 18 heavy (non-hydrogen) atoms. The highest BCUT2D eigenvalue weighted by Gasteiger charge is 2.11. The third-order valence-corrected chi connectivity index (χ3v) is 3.99. The summed E-state index contributed by atoms with van der Waals surface area (Å²) in [6, 6.07) is 7.83. The van der Waals surface area contributed by atoms with Crippen LogP contribution in [-0.4, -0.2) is 17.3 Å². The van der Waals surface area contributed by atoms with Crippen molar-refractivity contribution >= 4 is 11.3 Å². The highest BCUT2D eigenvalue weighted by Crippen LogP contribution is 2.22. The van der Waals surface area contributed by atoms with Gasteiger partial charge in [0.25, 0.3) is 0 Å². The van der Waals surface area contributed by atoms with Crippen molar-refractivity contribution in [3.05, 3.63) is 39.7 Å². The Kier molecular flexibility index (Phi) is 4.28. The fourth-order valence-electron chi connectivity index (χ4n) is 1.68. The lowest BCUT2D eigenvalue weighted by Crippen LogP contribution is -2.15. The highest BCUT2D eigenvalue weighted by atomic mass is 32.1. The van der Waals surface area contributed by atoms with Crippen LogP contribution in [0.1, 0.15) is 28.4 Å². The van der Waals surface area contributed by atoms with Crippen molar-refractivity contribution in [1.29, 1.82) is 0 Å². The third-order valence-electron chi connectivity index (χ3n) is 2.74. The van der Waals surface area contributed by atoms with Crippen LogP contribution < -0.4 is 10.5 Å². The Bertz CT molecular complexity index is 495. The average molecular weight is 263 g/mol. The van der Waals surface area contributed by atoms with Gasteiger partial charge in [0.15, 0.2) is 0 Å². The Balaban J connectivity index is 2.03. The fraction of sp³-hybridized carbons (Fsp3) is 0.385. The molecule has 2 aromatic heterocycles. The quantitative estimate of drug-likeness (QED) is 0.899. The number of ether oxygens (including phenoxy) is 1. The second-order valence-electron chi connectivity index (χ2n) is 4.03. The lowest BCUT2D eigenvalue weighted by atomic mass is 10.1. The van der Waals surface area contributed by atoms with E-state index in [1.807, 2.05) is 17.4 Å². The number of aryl methyl sites for hydroxylation is 1. The van der Waals surface area contributed by atoms with E-state index in [-0.39, 0.29) is 6.04 Å². The number of thiophene rings is 1. The van der Waals surface area contributed by atoms with Gasteiger partial charge in [-0.25, -0.2) is 0 Å². The molecule has 0 radical (unpaired) electrons. The van der Waals surface area contributed by atoms with Gasteiger partial charge in [0.1, 0.15) is 0 Å². The lowest BCUT2D eigenvalue weighted by Gasteiger charge is -2.09. The number of rotatable bonds is 5. The summed E-state index contributed by atoms with van der Waals surface area (Å²) in [5, 5.41) is 8.01. The molecule has 2 N–H and O–H groups in total. The van der Waals surface area contributed by atoms with Crippen LogP contribution in [0.5, 0.6) is 5.88 Å². The number of hydrogen-bond donors (Lipinski definition) is 1. The lowest BCUT2D eigenvalue weighted by molar-refractivity contribution is 0.390. The van der Waals surface area contributed by atoms with Crippen molar-refractivity contribution in [2.45, 2.75) is 25.8 Å². The van der Waals surface area contributed by atoms with E-state index in [2.05, 4.69) is 29.3 Å². The van der Waals surface area contributed by atoms with Gasteiger partial charge in [0.05, 0.1) is 18.8 Å². The molecule has 0 amide bonds. The minimum absolute atomic E-state index is 0.119. The van der Waals surface area contributed by atoms with Gasteiger partial charge >= 0.3 is 0 Å². The molecular formula is C13H17N3OS. The first-order valence-electron chi connectivity index (χ1n) is 5.93. The van der Waals surface area contributed by atoms with E-state index in [0.29, 0.717) is 5.88 Å². The zero-order valence-corrected chi connectivity index (χ0v) is 11.4. The molecule has 0 spiro atoms. The van der Waals surface area contributed by atoms with E-state index < -0.39 is 0 Å². The van der Waals surface area contributed by atoms with Crippen LogP contribution in [0, 0.1) is 0 Å². The van der Waals surface area contributed by atoms with Crippen molar-refractivity contribution in [2.24, 2.45) is 5.73 Å². The second-order valence-corrected chi connectivity index (χ2v) is 5.29. The number of nitrogens with zero attached hydrogens (tertiary/aromatic N) is 2. The summed E-state index contributed by atoms with van der Waals surface area (Å²) < 4.78 is 4.97. The molecule has 5 heteroatoms.